The van der Waals surface area contributed by atoms with Crippen LogP contribution in [0.5, 0.6) is 0 Å². The first-order valence-corrected chi connectivity index (χ1v) is 8.28. The van der Waals surface area contributed by atoms with E-state index in [1.54, 1.807) is 6.07 Å². The summed E-state index contributed by atoms with van der Waals surface area (Å²) in [6, 6.07) is 9.04. The van der Waals surface area contributed by atoms with Crippen LogP contribution in [0.3, 0.4) is 0 Å². The summed E-state index contributed by atoms with van der Waals surface area (Å²) < 4.78 is 22.6. The molecular weight excluding hydrogens is 296 g/mol. The van der Waals surface area contributed by atoms with Gasteiger partial charge in [-0.1, -0.05) is 23.7 Å². The van der Waals surface area contributed by atoms with Crippen LogP contribution in [-0.2, 0) is 16.4 Å². The van der Waals surface area contributed by atoms with Crippen LogP contribution < -0.4 is 5.32 Å². The number of aryl methyl sites for hydroxylation is 1. The molecule has 2 aromatic rings. The average molecular weight is 311 g/mol. The number of halogens is 1. The van der Waals surface area contributed by atoms with E-state index in [9.17, 15) is 8.42 Å². The SMILES string of the molecule is Cc1ccc(CNc2ccc(S(C)(=O)=O)nc2)cc1Cl. The monoisotopic (exact) mass is 310 g/mol. The maximum atomic E-state index is 11.3. The third-order valence-corrected chi connectivity index (χ3v) is 4.26. The number of aromatic nitrogens is 1. The van der Waals surface area contributed by atoms with Gasteiger partial charge in [0.25, 0.3) is 0 Å². The molecule has 0 aliphatic heterocycles. The zero-order valence-electron chi connectivity index (χ0n) is 11.2. The van der Waals surface area contributed by atoms with Crippen LogP contribution >= 0.6 is 11.6 Å². The molecule has 4 nitrogen and oxygen atoms in total. The molecule has 0 fully saturated rings. The minimum atomic E-state index is -3.25. The Morgan fingerprint density at radius 1 is 1.25 bits per heavy atom. The van der Waals surface area contributed by atoms with Crippen molar-refractivity contribution in [3.63, 3.8) is 0 Å². The first-order chi connectivity index (χ1) is 9.36. The largest absolute Gasteiger partial charge is 0.380 e. The van der Waals surface area contributed by atoms with E-state index in [4.69, 9.17) is 11.6 Å². The minimum Gasteiger partial charge on any atom is -0.380 e. The molecule has 1 aromatic carbocycles. The summed E-state index contributed by atoms with van der Waals surface area (Å²) in [4.78, 5) is 3.92. The van der Waals surface area contributed by atoms with Gasteiger partial charge in [0.1, 0.15) is 0 Å². The van der Waals surface area contributed by atoms with Gasteiger partial charge in [0.15, 0.2) is 14.9 Å². The van der Waals surface area contributed by atoms with Crippen LogP contribution in [0.1, 0.15) is 11.1 Å². The Bertz CT molecular complexity index is 712. The molecular formula is C14H15ClN2O2S. The predicted molar refractivity (Wildman–Crippen MR) is 80.9 cm³/mol. The number of benzene rings is 1. The summed E-state index contributed by atoms with van der Waals surface area (Å²) in [5.74, 6) is 0. The van der Waals surface area contributed by atoms with Gasteiger partial charge in [-0.25, -0.2) is 13.4 Å². The topological polar surface area (TPSA) is 59.1 Å². The van der Waals surface area contributed by atoms with E-state index in [1.807, 2.05) is 25.1 Å². The molecule has 20 heavy (non-hydrogen) atoms. The summed E-state index contributed by atoms with van der Waals surface area (Å²) >= 11 is 6.06. The Morgan fingerprint density at radius 2 is 2.00 bits per heavy atom. The highest BCUT2D eigenvalue weighted by molar-refractivity contribution is 7.90. The van der Waals surface area contributed by atoms with Crippen molar-refractivity contribution < 1.29 is 8.42 Å². The normalized spacial score (nSPS) is 11.3. The van der Waals surface area contributed by atoms with Gasteiger partial charge in [-0.3, -0.25) is 0 Å². The lowest BCUT2D eigenvalue weighted by Crippen LogP contribution is -2.03. The number of hydrogen-bond acceptors (Lipinski definition) is 4. The fraction of sp³-hybridized carbons (Fsp3) is 0.214. The number of hydrogen-bond donors (Lipinski definition) is 1. The molecule has 0 aliphatic rings. The predicted octanol–water partition coefficient (Wildman–Crippen LogP) is 3.06. The van der Waals surface area contributed by atoms with Crippen molar-refractivity contribution in [3.05, 3.63) is 52.7 Å². The Hall–Kier alpha value is -1.59. The van der Waals surface area contributed by atoms with Crippen molar-refractivity contribution in [2.24, 2.45) is 0 Å². The molecule has 1 heterocycles. The molecule has 0 spiro atoms. The Kier molecular flexibility index (Phi) is 4.30. The van der Waals surface area contributed by atoms with E-state index in [0.29, 0.717) is 6.54 Å². The van der Waals surface area contributed by atoms with E-state index in [-0.39, 0.29) is 5.03 Å². The lowest BCUT2D eigenvalue weighted by atomic mass is 10.1. The van der Waals surface area contributed by atoms with E-state index in [1.165, 1.54) is 12.3 Å². The van der Waals surface area contributed by atoms with Gasteiger partial charge in [-0.15, -0.1) is 0 Å². The highest BCUT2D eigenvalue weighted by Crippen LogP contribution is 2.18. The van der Waals surface area contributed by atoms with Gasteiger partial charge >= 0.3 is 0 Å². The van der Waals surface area contributed by atoms with Crippen molar-refractivity contribution in [1.29, 1.82) is 0 Å². The summed E-state index contributed by atoms with van der Waals surface area (Å²) in [7, 11) is -3.25. The van der Waals surface area contributed by atoms with Crippen LogP contribution in [0.15, 0.2) is 41.6 Å². The van der Waals surface area contributed by atoms with Crippen molar-refractivity contribution in [2.75, 3.05) is 11.6 Å². The fourth-order valence-electron chi connectivity index (χ4n) is 1.65. The van der Waals surface area contributed by atoms with Crippen LogP contribution in [0, 0.1) is 6.92 Å². The number of nitrogens with zero attached hydrogens (tertiary/aromatic N) is 1. The molecule has 0 radical (unpaired) electrons. The molecule has 0 bridgehead atoms. The van der Waals surface area contributed by atoms with Gasteiger partial charge < -0.3 is 5.32 Å². The molecule has 0 unspecified atom stereocenters. The Balaban J connectivity index is 2.06. The Morgan fingerprint density at radius 3 is 2.55 bits per heavy atom. The highest BCUT2D eigenvalue weighted by atomic mass is 35.5. The summed E-state index contributed by atoms with van der Waals surface area (Å²) in [5.41, 5.74) is 2.84. The fourth-order valence-corrected chi connectivity index (χ4v) is 2.42. The lowest BCUT2D eigenvalue weighted by Gasteiger charge is -2.08. The number of sulfone groups is 1. The molecule has 6 heteroatoms. The quantitative estimate of drug-likeness (QED) is 0.943. The van der Waals surface area contributed by atoms with Gasteiger partial charge in [-0.2, -0.15) is 0 Å². The molecule has 0 saturated carbocycles. The zero-order valence-corrected chi connectivity index (χ0v) is 12.8. The van der Waals surface area contributed by atoms with Gasteiger partial charge in [-0.05, 0) is 36.2 Å². The second kappa shape index (κ2) is 5.81. The zero-order chi connectivity index (χ0) is 14.8. The van der Waals surface area contributed by atoms with Crippen molar-refractivity contribution in [2.45, 2.75) is 18.5 Å². The second-order valence-electron chi connectivity index (χ2n) is 4.59. The standard InChI is InChI=1S/C14H15ClN2O2S/c1-10-3-4-11(7-13(10)15)8-16-12-5-6-14(17-9-12)20(2,18)19/h3-7,9,16H,8H2,1-2H3. The maximum Gasteiger partial charge on any atom is 0.192 e. The highest BCUT2D eigenvalue weighted by Gasteiger charge is 2.07. The lowest BCUT2D eigenvalue weighted by molar-refractivity contribution is 0.598. The van der Waals surface area contributed by atoms with Gasteiger partial charge in [0.05, 0.1) is 11.9 Å². The van der Waals surface area contributed by atoms with Crippen molar-refractivity contribution in [3.8, 4) is 0 Å². The third-order valence-electron chi connectivity index (χ3n) is 2.85. The third kappa shape index (κ3) is 3.71. The molecule has 106 valence electrons. The summed E-state index contributed by atoms with van der Waals surface area (Å²) in [6.45, 7) is 2.55. The average Bonchev–Trinajstić information content (AvgIpc) is 2.40. The number of anilines is 1. The van der Waals surface area contributed by atoms with E-state index >= 15 is 0 Å². The Labute approximate surface area is 123 Å². The van der Waals surface area contributed by atoms with Crippen molar-refractivity contribution >= 4 is 27.1 Å². The van der Waals surface area contributed by atoms with Gasteiger partial charge in [0, 0.05) is 17.8 Å². The smallest absolute Gasteiger partial charge is 0.192 e. The molecule has 0 amide bonds. The molecule has 2 rings (SSSR count). The molecule has 0 saturated heterocycles. The number of rotatable bonds is 4. The number of pyridine rings is 1. The van der Waals surface area contributed by atoms with Crippen LogP contribution in [0.4, 0.5) is 5.69 Å². The van der Waals surface area contributed by atoms with E-state index in [2.05, 4.69) is 10.3 Å². The summed E-state index contributed by atoms with van der Waals surface area (Å²) in [6.07, 6.45) is 2.64. The van der Waals surface area contributed by atoms with Gasteiger partial charge in [0.2, 0.25) is 0 Å². The van der Waals surface area contributed by atoms with Crippen LogP contribution in [0.2, 0.25) is 5.02 Å². The van der Waals surface area contributed by atoms with E-state index in [0.717, 1.165) is 28.1 Å². The first-order valence-electron chi connectivity index (χ1n) is 6.01. The molecule has 0 aliphatic carbocycles. The van der Waals surface area contributed by atoms with Crippen LogP contribution in [0.25, 0.3) is 0 Å². The maximum absolute atomic E-state index is 11.3. The minimum absolute atomic E-state index is 0.0708. The molecule has 0 atom stereocenters. The van der Waals surface area contributed by atoms with Crippen LogP contribution in [-0.4, -0.2) is 19.7 Å². The second-order valence-corrected chi connectivity index (χ2v) is 6.96. The van der Waals surface area contributed by atoms with Crippen molar-refractivity contribution in [1.82, 2.24) is 4.98 Å². The molecule has 1 N–H and O–H groups in total. The summed E-state index contributed by atoms with van der Waals surface area (Å²) in [5, 5.41) is 3.97. The first kappa shape index (κ1) is 14.8. The number of nitrogens with one attached hydrogen (secondary N) is 1. The molecule has 1 aromatic heterocycles. The van der Waals surface area contributed by atoms with E-state index < -0.39 is 9.84 Å².